The summed E-state index contributed by atoms with van der Waals surface area (Å²) >= 11 is 0. The maximum Gasteiger partial charge on any atom is 0.303 e. The van der Waals surface area contributed by atoms with Gasteiger partial charge in [0, 0.05) is 18.3 Å². The van der Waals surface area contributed by atoms with Crippen molar-refractivity contribution >= 4 is 17.7 Å². The molecule has 0 aliphatic heterocycles. The second-order valence-corrected chi connectivity index (χ2v) is 8.74. The van der Waals surface area contributed by atoms with Crippen molar-refractivity contribution in [1.29, 1.82) is 0 Å². The largest absolute Gasteiger partial charge is 0.481 e. The van der Waals surface area contributed by atoms with Crippen LogP contribution in [0.15, 0.2) is 0 Å². The molecular weight excluding hydrogens is 308 g/mol. The summed E-state index contributed by atoms with van der Waals surface area (Å²) in [4.78, 5) is 35.2. The van der Waals surface area contributed by atoms with E-state index in [-0.39, 0.29) is 30.1 Å². The van der Waals surface area contributed by atoms with E-state index in [0.717, 1.165) is 32.1 Å². The van der Waals surface area contributed by atoms with Crippen LogP contribution in [0.5, 0.6) is 0 Å². The first-order valence-corrected chi connectivity index (χ1v) is 9.15. The number of ketones is 1. The third-order valence-electron chi connectivity index (χ3n) is 7.73. The number of carboxylic acids is 2. The smallest absolute Gasteiger partial charge is 0.303 e. The van der Waals surface area contributed by atoms with E-state index in [1.54, 1.807) is 0 Å². The van der Waals surface area contributed by atoms with Gasteiger partial charge in [0.05, 0.1) is 6.42 Å². The predicted octanol–water partition coefficient (Wildman–Crippen LogP) is 3.36. The van der Waals surface area contributed by atoms with Crippen LogP contribution in [0.1, 0.15) is 65.2 Å². The van der Waals surface area contributed by atoms with Gasteiger partial charge in [-0.15, -0.1) is 0 Å². The van der Waals surface area contributed by atoms with E-state index < -0.39 is 17.4 Å². The lowest BCUT2D eigenvalue weighted by atomic mass is 9.46. The molecule has 0 aromatic carbocycles. The molecule has 0 spiro atoms. The molecule has 0 aromatic heterocycles. The maximum atomic E-state index is 12.4. The molecule has 0 aromatic rings. The van der Waals surface area contributed by atoms with E-state index in [1.807, 2.05) is 6.92 Å². The fraction of sp³-hybridized carbons (Fsp3) is 0.842. The number of Topliss-reactive ketones (excluding diaryl/α,β-unsaturated/α-hetero) is 1. The average molecular weight is 336 g/mol. The minimum atomic E-state index is -0.843. The van der Waals surface area contributed by atoms with Crippen molar-refractivity contribution in [2.75, 3.05) is 0 Å². The number of fused-ring (bicyclic) bond motifs is 3. The van der Waals surface area contributed by atoms with Crippen molar-refractivity contribution in [3.05, 3.63) is 0 Å². The number of hydrogen-bond acceptors (Lipinski definition) is 3. The molecule has 134 valence electrons. The Kier molecular flexibility index (Phi) is 4.25. The second-order valence-electron chi connectivity index (χ2n) is 8.74. The molecule has 0 unspecified atom stereocenters. The van der Waals surface area contributed by atoms with Crippen LogP contribution in [0.2, 0.25) is 0 Å². The van der Waals surface area contributed by atoms with Crippen LogP contribution in [0.3, 0.4) is 0 Å². The summed E-state index contributed by atoms with van der Waals surface area (Å²) in [7, 11) is 0. The van der Waals surface area contributed by atoms with Gasteiger partial charge in [0.15, 0.2) is 0 Å². The fourth-order valence-corrected chi connectivity index (χ4v) is 6.45. The van der Waals surface area contributed by atoms with Gasteiger partial charge in [-0.2, -0.15) is 0 Å². The zero-order valence-electron chi connectivity index (χ0n) is 14.6. The van der Waals surface area contributed by atoms with Gasteiger partial charge in [0.2, 0.25) is 0 Å². The normalized spacial score (nSPS) is 44.7. The topological polar surface area (TPSA) is 91.7 Å². The molecule has 0 bridgehead atoms. The maximum absolute atomic E-state index is 12.4. The van der Waals surface area contributed by atoms with Gasteiger partial charge in [0.25, 0.3) is 0 Å². The van der Waals surface area contributed by atoms with Gasteiger partial charge in [0.1, 0.15) is 5.78 Å². The molecule has 5 heteroatoms. The highest BCUT2D eigenvalue weighted by molar-refractivity contribution is 5.87. The van der Waals surface area contributed by atoms with Crippen LogP contribution in [-0.2, 0) is 14.4 Å². The van der Waals surface area contributed by atoms with Gasteiger partial charge < -0.3 is 10.2 Å². The fourth-order valence-electron chi connectivity index (χ4n) is 6.45. The second kappa shape index (κ2) is 5.85. The summed E-state index contributed by atoms with van der Waals surface area (Å²) in [6, 6.07) is 0. The number of carbonyl (C=O) groups excluding carboxylic acids is 1. The van der Waals surface area contributed by atoms with E-state index in [2.05, 4.69) is 6.92 Å². The summed E-state index contributed by atoms with van der Waals surface area (Å²) in [6.45, 7) is 4.09. The summed E-state index contributed by atoms with van der Waals surface area (Å²) in [5.74, 6) is -0.466. The van der Waals surface area contributed by atoms with Gasteiger partial charge >= 0.3 is 11.9 Å². The van der Waals surface area contributed by atoms with E-state index in [9.17, 15) is 24.6 Å². The molecule has 24 heavy (non-hydrogen) atoms. The molecule has 3 fully saturated rings. The standard InChI is InChI=1S/C19H28O5/c1-18-8-7-14-12(13(18)5-6-15(18)20)4-3-11(9-16(21)22)19(14,2)10-17(23)24/h11-14H,3-10H2,1-2H3,(H,21,22)(H,23,24)/t11-,12-,13+,14-,18-,19-/m1/s1. The molecule has 6 atom stereocenters. The summed E-state index contributed by atoms with van der Waals surface area (Å²) in [5.41, 5.74) is -0.717. The monoisotopic (exact) mass is 336 g/mol. The van der Waals surface area contributed by atoms with Crippen LogP contribution in [0, 0.1) is 34.5 Å². The molecule has 0 saturated heterocycles. The minimum absolute atomic E-state index is 0.0312. The van der Waals surface area contributed by atoms with Crippen molar-refractivity contribution in [2.24, 2.45) is 34.5 Å². The SMILES string of the molecule is C[C@@]1(CC(=O)O)[C@@H](CC(=O)O)CC[C@H]2[C@H]1CC[C@@]1(C)C(=O)CC[C@@H]21. The zero-order chi connectivity index (χ0) is 17.7. The van der Waals surface area contributed by atoms with Crippen LogP contribution in [-0.4, -0.2) is 27.9 Å². The predicted molar refractivity (Wildman–Crippen MR) is 87.4 cm³/mol. The highest BCUT2D eigenvalue weighted by atomic mass is 16.4. The molecule has 0 amide bonds. The van der Waals surface area contributed by atoms with Crippen LogP contribution >= 0.6 is 0 Å². The number of carboxylic acid groups (broad SMARTS) is 2. The molecule has 3 rings (SSSR count). The third-order valence-corrected chi connectivity index (χ3v) is 7.73. The molecule has 3 aliphatic carbocycles. The lowest BCUT2D eigenvalue weighted by Gasteiger charge is -2.57. The quantitative estimate of drug-likeness (QED) is 0.821. The molecule has 3 aliphatic rings. The number of carbonyl (C=O) groups is 3. The Morgan fingerprint density at radius 3 is 2.38 bits per heavy atom. The highest BCUT2D eigenvalue weighted by Crippen LogP contribution is 2.64. The van der Waals surface area contributed by atoms with Gasteiger partial charge in [-0.25, -0.2) is 0 Å². The van der Waals surface area contributed by atoms with Crippen molar-refractivity contribution in [1.82, 2.24) is 0 Å². The average Bonchev–Trinajstić information content (AvgIpc) is 2.77. The molecule has 0 heterocycles. The number of aliphatic carboxylic acids is 2. The summed E-state index contributed by atoms with van der Waals surface area (Å²) in [5, 5.41) is 18.7. The highest BCUT2D eigenvalue weighted by Gasteiger charge is 2.60. The van der Waals surface area contributed by atoms with Crippen molar-refractivity contribution in [3.63, 3.8) is 0 Å². The Labute approximate surface area is 142 Å². The third kappa shape index (κ3) is 2.56. The Bertz CT molecular complexity index is 570. The van der Waals surface area contributed by atoms with Crippen molar-refractivity contribution < 1.29 is 24.6 Å². The Morgan fingerprint density at radius 2 is 1.75 bits per heavy atom. The van der Waals surface area contributed by atoms with Gasteiger partial charge in [-0.1, -0.05) is 13.8 Å². The first-order valence-electron chi connectivity index (χ1n) is 9.15. The molecular formula is C19H28O5. The van der Waals surface area contributed by atoms with Gasteiger partial charge in [-0.3, -0.25) is 14.4 Å². The van der Waals surface area contributed by atoms with E-state index in [0.29, 0.717) is 24.0 Å². The Morgan fingerprint density at radius 1 is 1.04 bits per heavy atom. The van der Waals surface area contributed by atoms with Crippen LogP contribution in [0.25, 0.3) is 0 Å². The number of hydrogen-bond donors (Lipinski definition) is 2. The Hall–Kier alpha value is -1.39. The molecule has 0 radical (unpaired) electrons. The van der Waals surface area contributed by atoms with Crippen LogP contribution in [0.4, 0.5) is 0 Å². The summed E-state index contributed by atoms with van der Waals surface area (Å²) < 4.78 is 0. The zero-order valence-corrected chi connectivity index (χ0v) is 14.6. The van der Waals surface area contributed by atoms with Gasteiger partial charge in [-0.05, 0) is 61.2 Å². The first kappa shape index (κ1) is 17.4. The lowest BCUT2D eigenvalue weighted by molar-refractivity contribution is -0.156. The van der Waals surface area contributed by atoms with E-state index in [1.165, 1.54) is 0 Å². The number of rotatable bonds is 4. The minimum Gasteiger partial charge on any atom is -0.481 e. The van der Waals surface area contributed by atoms with Crippen molar-refractivity contribution in [2.45, 2.75) is 65.2 Å². The van der Waals surface area contributed by atoms with Crippen molar-refractivity contribution in [3.8, 4) is 0 Å². The molecule has 2 N–H and O–H groups in total. The Balaban J connectivity index is 1.92. The first-order chi connectivity index (χ1) is 11.2. The molecule has 5 nitrogen and oxygen atoms in total. The van der Waals surface area contributed by atoms with E-state index in [4.69, 9.17) is 0 Å². The lowest BCUT2D eigenvalue weighted by Crippen LogP contribution is -2.53. The van der Waals surface area contributed by atoms with E-state index >= 15 is 0 Å². The summed E-state index contributed by atoms with van der Waals surface area (Å²) in [6.07, 6.45) is 5.03. The molecule has 3 saturated carbocycles. The van der Waals surface area contributed by atoms with Crippen LogP contribution < -0.4 is 0 Å².